The van der Waals surface area contributed by atoms with Gasteiger partial charge in [-0.25, -0.2) is 0 Å². The van der Waals surface area contributed by atoms with Crippen LogP contribution in [0.2, 0.25) is 0 Å². The van der Waals surface area contributed by atoms with Crippen LogP contribution >= 0.6 is 0 Å². The van der Waals surface area contributed by atoms with Crippen molar-refractivity contribution in [3.8, 4) is 0 Å². The maximum Gasteiger partial charge on any atom is 0.224 e. The van der Waals surface area contributed by atoms with E-state index in [1.54, 1.807) is 0 Å². The zero-order valence-electron chi connectivity index (χ0n) is 12.2. The van der Waals surface area contributed by atoms with Gasteiger partial charge in [0.1, 0.15) is 0 Å². The number of amides is 1. The lowest BCUT2D eigenvalue weighted by molar-refractivity contribution is -0.130. The van der Waals surface area contributed by atoms with Crippen molar-refractivity contribution in [3.05, 3.63) is 0 Å². The number of hydrogen-bond donors (Lipinski definition) is 1. The second-order valence-corrected chi connectivity index (χ2v) is 5.86. The molecular formula is C14H27N3O2. The van der Waals surface area contributed by atoms with Crippen LogP contribution in [0.3, 0.4) is 0 Å². The highest BCUT2D eigenvalue weighted by Gasteiger charge is 2.37. The Morgan fingerprint density at radius 1 is 1.37 bits per heavy atom. The summed E-state index contributed by atoms with van der Waals surface area (Å²) < 4.78 is 5.42. The third-order valence-corrected chi connectivity index (χ3v) is 4.29. The SMILES string of the molecule is CCC1CN(C(=O)CC(C)N)CC1N1CCOCC1. The Morgan fingerprint density at radius 3 is 2.63 bits per heavy atom. The summed E-state index contributed by atoms with van der Waals surface area (Å²) in [6, 6.07) is 0.459. The molecule has 0 aromatic rings. The third-order valence-electron chi connectivity index (χ3n) is 4.29. The molecule has 2 aliphatic rings. The second kappa shape index (κ2) is 6.68. The van der Waals surface area contributed by atoms with Crippen LogP contribution in [0.1, 0.15) is 26.7 Å². The van der Waals surface area contributed by atoms with Crippen LogP contribution in [-0.2, 0) is 9.53 Å². The number of carbonyl (C=O) groups excluding carboxylic acids is 1. The van der Waals surface area contributed by atoms with Crippen LogP contribution < -0.4 is 5.73 Å². The van der Waals surface area contributed by atoms with Crippen molar-refractivity contribution in [1.82, 2.24) is 9.80 Å². The molecule has 2 rings (SSSR count). The van der Waals surface area contributed by atoms with E-state index < -0.39 is 0 Å². The minimum Gasteiger partial charge on any atom is -0.379 e. The zero-order valence-corrected chi connectivity index (χ0v) is 12.2. The maximum absolute atomic E-state index is 12.1. The first-order valence-corrected chi connectivity index (χ1v) is 7.47. The highest BCUT2D eigenvalue weighted by atomic mass is 16.5. The summed E-state index contributed by atoms with van der Waals surface area (Å²) in [4.78, 5) is 16.7. The van der Waals surface area contributed by atoms with E-state index in [4.69, 9.17) is 10.5 Å². The second-order valence-electron chi connectivity index (χ2n) is 5.86. The van der Waals surface area contributed by atoms with Gasteiger partial charge >= 0.3 is 0 Å². The first-order chi connectivity index (χ1) is 9.11. The Morgan fingerprint density at radius 2 is 2.05 bits per heavy atom. The fraction of sp³-hybridized carbons (Fsp3) is 0.929. The molecule has 0 aromatic carbocycles. The molecule has 5 heteroatoms. The number of nitrogens with zero attached hydrogens (tertiary/aromatic N) is 2. The van der Waals surface area contributed by atoms with Gasteiger partial charge in [-0.3, -0.25) is 9.69 Å². The number of rotatable bonds is 4. The lowest BCUT2D eigenvalue weighted by Crippen LogP contribution is -2.47. The molecular weight excluding hydrogens is 242 g/mol. The van der Waals surface area contributed by atoms with Crippen LogP contribution in [0.25, 0.3) is 0 Å². The topological polar surface area (TPSA) is 58.8 Å². The van der Waals surface area contributed by atoms with Crippen LogP contribution in [0.15, 0.2) is 0 Å². The van der Waals surface area contributed by atoms with Crippen molar-refractivity contribution in [3.63, 3.8) is 0 Å². The van der Waals surface area contributed by atoms with E-state index in [1.165, 1.54) is 0 Å². The van der Waals surface area contributed by atoms with Gasteiger partial charge in [0.2, 0.25) is 5.91 Å². The van der Waals surface area contributed by atoms with Crippen LogP contribution in [0.5, 0.6) is 0 Å². The van der Waals surface area contributed by atoms with E-state index in [1.807, 2.05) is 11.8 Å². The summed E-state index contributed by atoms with van der Waals surface area (Å²) in [5.41, 5.74) is 5.73. The largest absolute Gasteiger partial charge is 0.379 e. The summed E-state index contributed by atoms with van der Waals surface area (Å²) >= 11 is 0. The van der Waals surface area contributed by atoms with Crippen molar-refractivity contribution >= 4 is 5.91 Å². The molecule has 0 aromatic heterocycles. The van der Waals surface area contributed by atoms with Gasteiger partial charge in [-0.05, 0) is 12.8 Å². The standard InChI is InChI=1S/C14H27N3O2/c1-3-12-9-17(14(18)8-11(2)15)10-13(12)16-4-6-19-7-5-16/h11-13H,3-10,15H2,1-2H3. The first-order valence-electron chi connectivity index (χ1n) is 7.47. The molecule has 2 fully saturated rings. The molecule has 3 atom stereocenters. The molecule has 3 unspecified atom stereocenters. The van der Waals surface area contributed by atoms with Gasteiger partial charge in [0.25, 0.3) is 0 Å². The highest BCUT2D eigenvalue weighted by Crippen LogP contribution is 2.26. The molecule has 2 N–H and O–H groups in total. The van der Waals surface area contributed by atoms with E-state index in [9.17, 15) is 4.79 Å². The van der Waals surface area contributed by atoms with Gasteiger partial charge in [0.05, 0.1) is 13.2 Å². The fourth-order valence-corrected chi connectivity index (χ4v) is 3.19. The summed E-state index contributed by atoms with van der Waals surface area (Å²) in [7, 11) is 0. The minimum atomic E-state index is -0.0463. The van der Waals surface area contributed by atoms with Gasteiger partial charge in [0.15, 0.2) is 0 Å². The average Bonchev–Trinajstić information content (AvgIpc) is 2.83. The Balaban J connectivity index is 1.94. The molecule has 110 valence electrons. The zero-order chi connectivity index (χ0) is 13.8. The number of likely N-dealkylation sites (tertiary alicyclic amines) is 1. The lowest BCUT2D eigenvalue weighted by atomic mass is 9.99. The summed E-state index contributed by atoms with van der Waals surface area (Å²) in [5, 5.41) is 0. The van der Waals surface area contributed by atoms with Gasteiger partial charge in [-0.1, -0.05) is 13.3 Å². The molecule has 2 saturated heterocycles. The molecule has 0 spiro atoms. The van der Waals surface area contributed by atoms with E-state index in [-0.39, 0.29) is 11.9 Å². The molecule has 2 aliphatic heterocycles. The smallest absolute Gasteiger partial charge is 0.224 e. The molecule has 2 heterocycles. The number of nitrogens with two attached hydrogens (primary N) is 1. The van der Waals surface area contributed by atoms with Crippen LogP contribution in [-0.4, -0.2) is 67.2 Å². The molecule has 19 heavy (non-hydrogen) atoms. The van der Waals surface area contributed by atoms with Gasteiger partial charge in [-0.15, -0.1) is 0 Å². The van der Waals surface area contributed by atoms with Crippen molar-refractivity contribution in [2.24, 2.45) is 11.7 Å². The quantitative estimate of drug-likeness (QED) is 0.797. The molecule has 5 nitrogen and oxygen atoms in total. The highest BCUT2D eigenvalue weighted by molar-refractivity contribution is 5.77. The molecule has 0 bridgehead atoms. The number of ether oxygens (including phenoxy) is 1. The Bertz CT molecular complexity index is 303. The lowest BCUT2D eigenvalue weighted by Gasteiger charge is -2.34. The van der Waals surface area contributed by atoms with Gasteiger partial charge in [0, 0.05) is 44.7 Å². The summed E-state index contributed by atoms with van der Waals surface area (Å²) in [6.07, 6.45) is 1.59. The Kier molecular flexibility index (Phi) is 5.19. The Labute approximate surface area is 116 Å². The first kappa shape index (κ1) is 14.8. The number of hydrogen-bond acceptors (Lipinski definition) is 4. The Hall–Kier alpha value is -0.650. The van der Waals surface area contributed by atoms with Gasteiger partial charge < -0.3 is 15.4 Å². The monoisotopic (exact) mass is 269 g/mol. The normalized spacial score (nSPS) is 30.6. The molecule has 0 saturated carbocycles. The molecule has 0 aliphatic carbocycles. The van der Waals surface area contributed by atoms with Crippen molar-refractivity contribution < 1.29 is 9.53 Å². The minimum absolute atomic E-state index is 0.0463. The van der Waals surface area contributed by atoms with Crippen LogP contribution in [0.4, 0.5) is 0 Å². The van der Waals surface area contributed by atoms with Gasteiger partial charge in [-0.2, -0.15) is 0 Å². The summed E-state index contributed by atoms with van der Waals surface area (Å²) in [6.45, 7) is 9.50. The average molecular weight is 269 g/mol. The van der Waals surface area contributed by atoms with Crippen molar-refractivity contribution in [2.75, 3.05) is 39.4 Å². The van der Waals surface area contributed by atoms with Crippen molar-refractivity contribution in [1.29, 1.82) is 0 Å². The maximum atomic E-state index is 12.1. The van der Waals surface area contributed by atoms with E-state index in [0.29, 0.717) is 18.4 Å². The fourth-order valence-electron chi connectivity index (χ4n) is 3.19. The predicted octanol–water partition coefficient (Wildman–Crippen LogP) is 0.293. The van der Waals surface area contributed by atoms with E-state index in [2.05, 4.69) is 11.8 Å². The summed E-state index contributed by atoms with van der Waals surface area (Å²) in [5.74, 6) is 0.805. The van der Waals surface area contributed by atoms with Crippen molar-refractivity contribution in [2.45, 2.75) is 38.8 Å². The molecule has 1 amide bonds. The van der Waals surface area contributed by atoms with E-state index >= 15 is 0 Å². The van der Waals surface area contributed by atoms with E-state index in [0.717, 1.165) is 45.8 Å². The van der Waals surface area contributed by atoms with Crippen LogP contribution in [0, 0.1) is 5.92 Å². The third kappa shape index (κ3) is 3.68. The number of carbonyl (C=O) groups is 1. The molecule has 0 radical (unpaired) electrons. The predicted molar refractivity (Wildman–Crippen MR) is 74.8 cm³/mol. The number of morpholine rings is 1.